The molecule has 0 bridgehead atoms. The molecule has 5 aromatic heterocycles. The number of nitrogens with zero attached hydrogens (tertiary/aromatic N) is 6. The number of halogens is 1. The van der Waals surface area contributed by atoms with Gasteiger partial charge in [-0.25, -0.2) is 19.3 Å². The molecule has 0 aliphatic rings. The van der Waals surface area contributed by atoms with E-state index in [0.717, 1.165) is 27.6 Å². The highest BCUT2D eigenvalue weighted by atomic mass is 19.1. The zero-order valence-corrected chi connectivity index (χ0v) is 16.3. The van der Waals surface area contributed by atoms with Crippen molar-refractivity contribution in [3.63, 3.8) is 0 Å². The minimum atomic E-state index is -0.281. The van der Waals surface area contributed by atoms with E-state index in [9.17, 15) is 4.39 Å². The molecule has 0 atom stereocenters. The molecule has 2 N–H and O–H groups in total. The molecule has 8 nitrogen and oxygen atoms in total. The molecule has 0 radical (unpaired) electrons. The Balaban J connectivity index is 1.50. The predicted molar refractivity (Wildman–Crippen MR) is 114 cm³/mol. The van der Waals surface area contributed by atoms with Crippen molar-refractivity contribution in [2.45, 2.75) is 0 Å². The molecule has 0 spiro atoms. The molecule has 0 amide bonds. The lowest BCUT2D eigenvalue weighted by atomic mass is 10.1. The van der Waals surface area contributed by atoms with Gasteiger partial charge >= 0.3 is 0 Å². The van der Waals surface area contributed by atoms with Crippen LogP contribution < -0.4 is 0 Å². The van der Waals surface area contributed by atoms with Gasteiger partial charge in [0.25, 0.3) is 0 Å². The maximum Gasteiger partial charge on any atom is 0.161 e. The molecule has 9 heteroatoms. The summed E-state index contributed by atoms with van der Waals surface area (Å²) in [5.74, 6) is 0.296. The van der Waals surface area contributed by atoms with Crippen LogP contribution >= 0.6 is 0 Å². The van der Waals surface area contributed by atoms with Crippen LogP contribution in [0.4, 0.5) is 4.39 Å². The molecular weight excluding hydrogens is 395 g/mol. The highest BCUT2D eigenvalue weighted by Gasteiger charge is 2.17. The van der Waals surface area contributed by atoms with Gasteiger partial charge in [-0.1, -0.05) is 12.1 Å². The van der Waals surface area contributed by atoms with Crippen molar-refractivity contribution in [1.82, 2.24) is 39.9 Å². The Hall–Kier alpha value is -4.40. The average molecular weight is 410 g/mol. The smallest absolute Gasteiger partial charge is 0.161 e. The quantitative estimate of drug-likeness (QED) is 0.457. The van der Waals surface area contributed by atoms with Gasteiger partial charge in [0.2, 0.25) is 0 Å². The number of benzene rings is 1. The second-order valence-electron chi connectivity index (χ2n) is 7.24. The lowest BCUT2D eigenvalue weighted by molar-refractivity contribution is 0.628. The number of imidazole rings is 1. The third-order valence-electron chi connectivity index (χ3n) is 5.22. The summed E-state index contributed by atoms with van der Waals surface area (Å²) < 4.78 is 15.1. The van der Waals surface area contributed by atoms with Gasteiger partial charge in [0, 0.05) is 42.3 Å². The van der Waals surface area contributed by atoms with Crippen molar-refractivity contribution in [3.05, 3.63) is 67.0 Å². The van der Waals surface area contributed by atoms with Crippen LogP contribution in [0.15, 0.2) is 61.2 Å². The van der Waals surface area contributed by atoms with Crippen molar-refractivity contribution in [2.75, 3.05) is 0 Å². The van der Waals surface area contributed by atoms with Crippen molar-refractivity contribution in [2.24, 2.45) is 7.05 Å². The van der Waals surface area contributed by atoms with Crippen molar-refractivity contribution < 1.29 is 4.39 Å². The van der Waals surface area contributed by atoms with Gasteiger partial charge < -0.3 is 4.98 Å². The highest BCUT2D eigenvalue weighted by molar-refractivity contribution is 5.96. The summed E-state index contributed by atoms with van der Waals surface area (Å²) in [4.78, 5) is 16.9. The van der Waals surface area contributed by atoms with Crippen molar-refractivity contribution in [3.8, 4) is 33.8 Å². The Kier molecular flexibility index (Phi) is 3.69. The predicted octanol–water partition coefficient (Wildman–Crippen LogP) is 4.10. The van der Waals surface area contributed by atoms with Crippen LogP contribution in [0.1, 0.15) is 0 Å². The van der Waals surface area contributed by atoms with Gasteiger partial charge in [0.15, 0.2) is 17.1 Å². The molecular formula is C22H15FN8. The molecule has 0 aliphatic heterocycles. The SMILES string of the molecule is Cn1cc(-c2cnc3[nH]nc(-c4nc5c(-c6ccc(F)cc6)ccnc5[nH]4)c3c2)cn1. The van der Waals surface area contributed by atoms with Gasteiger partial charge in [-0.3, -0.25) is 9.78 Å². The maximum absolute atomic E-state index is 13.4. The van der Waals surface area contributed by atoms with E-state index in [1.165, 1.54) is 12.1 Å². The first-order chi connectivity index (χ1) is 15.2. The number of H-pyrrole nitrogens is 2. The number of rotatable bonds is 3. The van der Waals surface area contributed by atoms with Gasteiger partial charge in [-0.05, 0) is 29.8 Å². The number of fused-ring (bicyclic) bond motifs is 2. The van der Waals surface area contributed by atoms with Crippen LogP contribution in [0.25, 0.3) is 56.0 Å². The van der Waals surface area contributed by atoms with Crippen LogP contribution in [-0.4, -0.2) is 39.9 Å². The van der Waals surface area contributed by atoms with E-state index in [0.29, 0.717) is 28.3 Å². The third-order valence-corrected chi connectivity index (χ3v) is 5.22. The molecule has 6 rings (SSSR count). The number of nitrogens with one attached hydrogen (secondary N) is 2. The van der Waals surface area contributed by atoms with Crippen molar-refractivity contribution in [1.29, 1.82) is 0 Å². The number of aromatic nitrogens is 8. The number of hydrogen-bond donors (Lipinski definition) is 2. The largest absolute Gasteiger partial charge is 0.321 e. The Labute approximate surface area is 174 Å². The number of pyridine rings is 2. The van der Waals surface area contributed by atoms with Crippen LogP contribution in [0.2, 0.25) is 0 Å². The summed E-state index contributed by atoms with van der Waals surface area (Å²) in [6.45, 7) is 0. The van der Waals surface area contributed by atoms with E-state index < -0.39 is 0 Å². The highest BCUT2D eigenvalue weighted by Crippen LogP contribution is 2.31. The first kappa shape index (κ1) is 17.5. The number of hydrogen-bond acceptors (Lipinski definition) is 5. The maximum atomic E-state index is 13.4. The topological polar surface area (TPSA) is 101 Å². The summed E-state index contributed by atoms with van der Waals surface area (Å²) >= 11 is 0. The average Bonchev–Trinajstić information content (AvgIpc) is 3.51. The fraction of sp³-hybridized carbons (Fsp3) is 0.0455. The van der Waals surface area contributed by atoms with Gasteiger partial charge in [-0.2, -0.15) is 10.2 Å². The zero-order chi connectivity index (χ0) is 20.9. The number of aryl methyl sites for hydroxylation is 1. The number of aromatic amines is 2. The molecule has 5 heterocycles. The molecule has 0 saturated heterocycles. The molecule has 0 aliphatic carbocycles. The minimum Gasteiger partial charge on any atom is -0.321 e. The molecule has 31 heavy (non-hydrogen) atoms. The minimum absolute atomic E-state index is 0.281. The van der Waals surface area contributed by atoms with E-state index in [2.05, 4.69) is 30.2 Å². The van der Waals surface area contributed by atoms with Crippen LogP contribution in [0.5, 0.6) is 0 Å². The first-order valence-electron chi connectivity index (χ1n) is 9.60. The van der Waals surface area contributed by atoms with Gasteiger partial charge in [0.05, 0.1) is 11.6 Å². The lowest BCUT2D eigenvalue weighted by Crippen LogP contribution is -1.85. The molecule has 0 unspecified atom stereocenters. The van der Waals surface area contributed by atoms with E-state index in [-0.39, 0.29) is 5.82 Å². The third kappa shape index (κ3) is 2.86. The van der Waals surface area contributed by atoms with Crippen LogP contribution in [-0.2, 0) is 7.05 Å². The lowest BCUT2D eigenvalue weighted by Gasteiger charge is -2.01. The molecule has 1 aromatic carbocycles. The second-order valence-corrected chi connectivity index (χ2v) is 7.24. The first-order valence-corrected chi connectivity index (χ1v) is 9.60. The van der Waals surface area contributed by atoms with E-state index >= 15 is 0 Å². The Bertz CT molecular complexity index is 1560. The Morgan fingerprint density at radius 1 is 0.935 bits per heavy atom. The summed E-state index contributed by atoms with van der Waals surface area (Å²) in [6, 6.07) is 10.2. The van der Waals surface area contributed by atoms with Gasteiger partial charge in [0.1, 0.15) is 17.0 Å². The van der Waals surface area contributed by atoms with E-state index in [1.54, 1.807) is 35.4 Å². The monoisotopic (exact) mass is 410 g/mol. The summed E-state index contributed by atoms with van der Waals surface area (Å²) in [5.41, 5.74) is 6.26. The summed E-state index contributed by atoms with van der Waals surface area (Å²) in [5, 5.41) is 12.5. The van der Waals surface area contributed by atoms with Gasteiger partial charge in [-0.15, -0.1) is 0 Å². The Morgan fingerprint density at radius 2 is 1.81 bits per heavy atom. The van der Waals surface area contributed by atoms with E-state index in [4.69, 9.17) is 4.98 Å². The molecule has 6 aromatic rings. The fourth-order valence-electron chi connectivity index (χ4n) is 3.70. The fourth-order valence-corrected chi connectivity index (χ4v) is 3.70. The normalized spacial score (nSPS) is 11.5. The van der Waals surface area contributed by atoms with Crippen LogP contribution in [0.3, 0.4) is 0 Å². The van der Waals surface area contributed by atoms with Crippen molar-refractivity contribution >= 4 is 22.2 Å². The molecule has 0 fully saturated rings. The summed E-state index contributed by atoms with van der Waals surface area (Å²) in [7, 11) is 1.87. The second kappa shape index (κ2) is 6.56. The zero-order valence-electron chi connectivity index (χ0n) is 16.3. The van der Waals surface area contributed by atoms with Crippen LogP contribution in [0, 0.1) is 5.82 Å². The summed E-state index contributed by atoms with van der Waals surface area (Å²) in [6.07, 6.45) is 7.22. The Morgan fingerprint density at radius 3 is 2.61 bits per heavy atom. The molecule has 0 saturated carbocycles. The molecule has 150 valence electrons. The van der Waals surface area contributed by atoms with E-state index in [1.807, 2.05) is 25.4 Å². The standard InChI is InChI=1S/C22H15FN8/c1-31-11-14(10-26-31)13-8-17-19(29-30-20(17)25-9-13)22-27-18-16(6-7-24-21(18)28-22)12-2-4-15(23)5-3-12/h2-11H,1H3,(H,24,27,28)(H,25,29,30).